The molecule has 0 aliphatic heterocycles. The molecule has 1 aliphatic carbocycles. The summed E-state index contributed by atoms with van der Waals surface area (Å²) in [5.74, 6) is -1.04. The average Bonchev–Trinajstić information content (AvgIpc) is 2.59. The lowest BCUT2D eigenvalue weighted by molar-refractivity contribution is -0.169. The highest BCUT2D eigenvalue weighted by Gasteiger charge is 2.51. The van der Waals surface area contributed by atoms with E-state index in [1.165, 1.54) is 0 Å². The van der Waals surface area contributed by atoms with Crippen molar-refractivity contribution in [2.75, 3.05) is 12.4 Å². The van der Waals surface area contributed by atoms with Gasteiger partial charge in [0, 0.05) is 13.6 Å². The molecular weight excluding hydrogens is 338 g/mol. The Morgan fingerprint density at radius 1 is 1.36 bits per heavy atom. The van der Waals surface area contributed by atoms with Crippen molar-refractivity contribution in [2.45, 2.75) is 31.9 Å². The molecule has 5 heteroatoms. The summed E-state index contributed by atoms with van der Waals surface area (Å²) in [5.41, 5.74) is 0.902. The Morgan fingerprint density at radius 3 is 2.72 bits per heavy atom. The lowest BCUT2D eigenvalue weighted by Crippen LogP contribution is -2.44. The monoisotopic (exact) mass is 362 g/mol. The first kappa shape index (κ1) is 14.2. The highest BCUT2D eigenvalue weighted by Crippen LogP contribution is 2.52. The Morgan fingerprint density at radius 2 is 2.12 bits per heavy atom. The molecule has 1 atom stereocenters. The third-order valence-electron chi connectivity index (χ3n) is 4.91. The number of hydrogen-bond donors (Lipinski definition) is 2. The summed E-state index contributed by atoms with van der Waals surface area (Å²) in [4.78, 5) is 12.0. The zero-order chi connectivity index (χ0) is 20.4. The highest BCUT2D eigenvalue weighted by atomic mass is 35.5. The van der Waals surface area contributed by atoms with Crippen molar-refractivity contribution >= 4 is 23.3 Å². The van der Waals surface area contributed by atoms with E-state index in [1.807, 2.05) is 30.3 Å². The fourth-order valence-corrected chi connectivity index (χ4v) is 3.46. The van der Waals surface area contributed by atoms with Crippen molar-refractivity contribution in [1.82, 2.24) is 0 Å². The molecule has 3 rings (SSSR count). The van der Waals surface area contributed by atoms with E-state index in [2.05, 4.69) is 5.32 Å². The molecule has 1 unspecified atom stereocenters. The number of rotatable bonds is 7. The Bertz CT molecular complexity index is 838. The second kappa shape index (κ2) is 7.46. The van der Waals surface area contributed by atoms with Crippen LogP contribution in [-0.2, 0) is 16.1 Å². The molecule has 0 radical (unpaired) electrons. The number of carboxylic acid groups (broad SMARTS) is 1. The number of nitrogens with one attached hydrogen (secondary N) is 1. The molecule has 25 heavy (non-hydrogen) atoms. The van der Waals surface area contributed by atoms with Gasteiger partial charge in [0.25, 0.3) is 0 Å². The van der Waals surface area contributed by atoms with E-state index in [9.17, 15) is 9.90 Å². The topological polar surface area (TPSA) is 58.6 Å². The van der Waals surface area contributed by atoms with Gasteiger partial charge >= 0.3 is 5.97 Å². The molecule has 0 amide bonds. The molecule has 2 aromatic rings. The Hall–Kier alpha value is -2.04. The van der Waals surface area contributed by atoms with Gasteiger partial charge in [-0.25, -0.2) is 0 Å². The number of methoxy groups -OCH3 is 1. The maximum absolute atomic E-state index is 12.0. The number of benzene rings is 2. The van der Waals surface area contributed by atoms with E-state index in [1.54, 1.807) is 18.2 Å². The summed E-state index contributed by atoms with van der Waals surface area (Å²) in [7, 11) is -2.71. The van der Waals surface area contributed by atoms with Crippen molar-refractivity contribution in [3.05, 3.63) is 64.7 Å². The molecule has 0 aromatic heterocycles. The van der Waals surface area contributed by atoms with E-state index in [-0.39, 0.29) is 0 Å². The van der Waals surface area contributed by atoms with Gasteiger partial charge < -0.3 is 15.2 Å². The van der Waals surface area contributed by atoms with Crippen LogP contribution in [0.1, 0.15) is 40.6 Å². The fraction of sp³-hybridized carbons (Fsp3) is 0.350. The van der Waals surface area contributed by atoms with Gasteiger partial charge in [0.2, 0.25) is 0 Å². The van der Waals surface area contributed by atoms with Crippen LogP contribution in [0.15, 0.2) is 48.5 Å². The second-order valence-corrected chi connectivity index (χ2v) is 6.80. The molecule has 1 saturated carbocycles. The van der Waals surface area contributed by atoms with Gasteiger partial charge in [-0.1, -0.05) is 54.4 Å². The normalized spacial score (nSPS) is 19.0. The molecule has 0 bridgehead atoms. The minimum atomic E-state index is -2.71. The van der Waals surface area contributed by atoms with Crippen molar-refractivity contribution in [2.24, 2.45) is 5.41 Å². The Balaban J connectivity index is 1.91. The highest BCUT2D eigenvalue weighted by molar-refractivity contribution is 6.33. The molecule has 132 valence electrons. The van der Waals surface area contributed by atoms with Crippen LogP contribution in [0.3, 0.4) is 0 Å². The van der Waals surface area contributed by atoms with Crippen LogP contribution in [0.4, 0.5) is 5.69 Å². The van der Waals surface area contributed by atoms with E-state index < -0.39 is 24.5 Å². The van der Waals surface area contributed by atoms with Gasteiger partial charge in [-0.05, 0) is 36.1 Å². The van der Waals surface area contributed by atoms with E-state index >= 15 is 0 Å². The predicted molar refractivity (Wildman–Crippen MR) is 98.9 cm³/mol. The lowest BCUT2D eigenvalue weighted by atomic mass is 9.63. The summed E-state index contributed by atoms with van der Waals surface area (Å²) >= 11 is 6.29. The summed E-state index contributed by atoms with van der Waals surface area (Å²) in [6, 6.07) is 14.7. The van der Waals surface area contributed by atoms with Crippen molar-refractivity contribution in [3.63, 3.8) is 0 Å². The van der Waals surface area contributed by atoms with Crippen LogP contribution < -0.4 is 5.32 Å². The van der Waals surface area contributed by atoms with Gasteiger partial charge in [-0.15, -0.1) is 0 Å². The molecule has 0 spiro atoms. The number of hydrogen-bond acceptors (Lipinski definition) is 3. The molecule has 2 aromatic carbocycles. The summed E-state index contributed by atoms with van der Waals surface area (Å²) < 4.78 is 27.8. The van der Waals surface area contributed by atoms with Crippen molar-refractivity contribution < 1.29 is 18.8 Å². The molecule has 0 heterocycles. The second-order valence-electron chi connectivity index (χ2n) is 6.39. The minimum absolute atomic E-state index is 0.373. The van der Waals surface area contributed by atoms with E-state index in [0.29, 0.717) is 35.7 Å². The molecule has 0 saturated heterocycles. The molecular formula is C20H22ClNO3. The number of carboxylic acids is 1. The minimum Gasteiger partial charge on any atom is -0.481 e. The van der Waals surface area contributed by atoms with Gasteiger partial charge in [0.15, 0.2) is 0 Å². The number of halogens is 1. The SMILES string of the molecule is [2H]C([2H])([2H])OC(c1ccc(Cl)c(NCc2ccccc2)c1)C1(C(=O)O)CCC1. The quantitative estimate of drug-likeness (QED) is 0.735. The van der Waals surface area contributed by atoms with Gasteiger partial charge in [0.1, 0.15) is 0 Å². The maximum atomic E-state index is 12.0. The summed E-state index contributed by atoms with van der Waals surface area (Å²) in [6.07, 6.45) is 0.386. The summed E-state index contributed by atoms with van der Waals surface area (Å²) in [5, 5.41) is 13.5. The predicted octanol–water partition coefficient (Wildman–Crippen LogP) is 4.89. The molecule has 1 aliphatic rings. The molecule has 2 N–H and O–H groups in total. The first-order valence-corrected chi connectivity index (χ1v) is 8.57. The van der Waals surface area contributed by atoms with Gasteiger partial charge in [-0.3, -0.25) is 4.79 Å². The van der Waals surface area contributed by atoms with Crippen LogP contribution in [-0.4, -0.2) is 18.1 Å². The van der Waals surface area contributed by atoms with Crippen LogP contribution in [0.25, 0.3) is 0 Å². The molecule has 1 fully saturated rings. The third-order valence-corrected chi connectivity index (χ3v) is 5.24. The third kappa shape index (κ3) is 3.51. The lowest BCUT2D eigenvalue weighted by Gasteiger charge is -2.43. The Labute approximate surface area is 157 Å². The van der Waals surface area contributed by atoms with Crippen molar-refractivity contribution in [1.29, 1.82) is 0 Å². The van der Waals surface area contributed by atoms with Crippen LogP contribution in [0.5, 0.6) is 0 Å². The fourth-order valence-electron chi connectivity index (χ4n) is 3.28. The van der Waals surface area contributed by atoms with Crippen LogP contribution in [0, 0.1) is 5.41 Å². The van der Waals surface area contributed by atoms with Crippen molar-refractivity contribution in [3.8, 4) is 0 Å². The largest absolute Gasteiger partial charge is 0.481 e. The Kier molecular flexibility index (Phi) is 4.23. The number of aliphatic carboxylic acids is 1. The van der Waals surface area contributed by atoms with Gasteiger partial charge in [-0.2, -0.15) is 0 Å². The molecule has 4 nitrogen and oxygen atoms in total. The number of anilines is 1. The average molecular weight is 363 g/mol. The number of ether oxygens (including phenoxy) is 1. The smallest absolute Gasteiger partial charge is 0.312 e. The zero-order valence-electron chi connectivity index (χ0n) is 16.7. The van der Waals surface area contributed by atoms with Crippen LogP contribution >= 0.6 is 11.6 Å². The van der Waals surface area contributed by atoms with Crippen LogP contribution in [0.2, 0.25) is 5.02 Å². The van der Waals surface area contributed by atoms with E-state index in [4.69, 9.17) is 20.5 Å². The maximum Gasteiger partial charge on any atom is 0.312 e. The zero-order valence-corrected chi connectivity index (χ0v) is 14.4. The summed E-state index contributed by atoms with van der Waals surface area (Å²) in [6.45, 7) is 0.527. The van der Waals surface area contributed by atoms with Gasteiger partial charge in [0.05, 0.1) is 26.3 Å². The number of carbonyl (C=O) groups is 1. The van der Waals surface area contributed by atoms with E-state index in [0.717, 1.165) is 12.0 Å². The first-order valence-electron chi connectivity index (χ1n) is 9.70. The standard InChI is InChI=1S/C20H22ClNO3/c1-25-18(20(19(23)24)10-5-11-20)15-8-9-16(21)17(12-15)22-13-14-6-3-2-4-7-14/h2-4,6-9,12,18,22H,5,10-11,13H2,1H3,(H,23,24)/i1D3. The first-order chi connectivity index (χ1) is 13.2.